The lowest BCUT2D eigenvalue weighted by Crippen LogP contribution is -2.17. The zero-order valence-corrected chi connectivity index (χ0v) is 7.08. The first-order valence-corrected chi connectivity index (χ1v) is 4.61. The summed E-state index contributed by atoms with van der Waals surface area (Å²) in [6, 6.07) is 0. The molecule has 2 aliphatic carbocycles. The summed E-state index contributed by atoms with van der Waals surface area (Å²) in [4.78, 5) is 0. The van der Waals surface area contributed by atoms with Gasteiger partial charge in [0.05, 0.1) is 24.9 Å². The Morgan fingerprint density at radius 3 is 2.36 bits per heavy atom. The maximum Gasteiger partial charge on any atom is 0.0784 e. The van der Waals surface area contributed by atoms with E-state index >= 15 is 0 Å². The summed E-state index contributed by atoms with van der Waals surface area (Å²) in [6.45, 7) is 2.89. The summed E-state index contributed by atoms with van der Waals surface area (Å²) in [6.07, 6.45) is 6.48. The number of hydrogen-bond donors (Lipinski definition) is 0. The van der Waals surface area contributed by atoms with Crippen molar-refractivity contribution in [1.82, 2.24) is 0 Å². The van der Waals surface area contributed by atoms with Gasteiger partial charge in [0.2, 0.25) is 0 Å². The predicted octanol–water partition coefficient (Wildman–Crippen LogP) is 1.73. The molecule has 64 valence electrons. The van der Waals surface area contributed by atoms with Crippen LogP contribution in [0.1, 0.15) is 32.6 Å². The largest absolute Gasteiger partial charge is 0.376 e. The highest BCUT2D eigenvalue weighted by molar-refractivity contribution is 4.76. The highest BCUT2D eigenvalue weighted by Gasteiger charge is 2.26. The average molecular weight is 156 g/mol. The molecule has 0 heterocycles. The summed E-state index contributed by atoms with van der Waals surface area (Å²) in [7, 11) is 0. The smallest absolute Gasteiger partial charge is 0.0784 e. The van der Waals surface area contributed by atoms with Gasteiger partial charge >= 0.3 is 0 Å². The molecule has 0 saturated heterocycles. The second-order valence-electron chi connectivity index (χ2n) is 3.68. The molecule has 1 unspecified atom stereocenters. The van der Waals surface area contributed by atoms with Gasteiger partial charge in [-0.05, 0) is 32.6 Å². The lowest BCUT2D eigenvalue weighted by atomic mass is 10.4. The summed E-state index contributed by atoms with van der Waals surface area (Å²) in [5.74, 6) is 0. The van der Waals surface area contributed by atoms with Crippen molar-refractivity contribution in [2.24, 2.45) is 0 Å². The van der Waals surface area contributed by atoms with Crippen molar-refractivity contribution in [3.05, 3.63) is 0 Å². The van der Waals surface area contributed by atoms with Crippen molar-refractivity contribution in [3.63, 3.8) is 0 Å². The standard InChI is InChI=1S/C9H16O2/c1-7(11-9-4-5-9)6-10-8-2-3-8/h7-9H,2-6H2,1H3. The van der Waals surface area contributed by atoms with Crippen LogP contribution in [0.25, 0.3) is 0 Å². The zero-order valence-electron chi connectivity index (χ0n) is 7.08. The van der Waals surface area contributed by atoms with Crippen molar-refractivity contribution in [1.29, 1.82) is 0 Å². The molecule has 2 heteroatoms. The van der Waals surface area contributed by atoms with Crippen LogP contribution in [0.3, 0.4) is 0 Å². The minimum absolute atomic E-state index is 0.308. The molecule has 0 bridgehead atoms. The molecule has 2 nitrogen and oxygen atoms in total. The van der Waals surface area contributed by atoms with E-state index in [1.165, 1.54) is 25.7 Å². The van der Waals surface area contributed by atoms with E-state index in [0.717, 1.165) is 6.61 Å². The topological polar surface area (TPSA) is 18.5 Å². The van der Waals surface area contributed by atoms with Crippen LogP contribution in [0, 0.1) is 0 Å². The second-order valence-corrected chi connectivity index (χ2v) is 3.68. The summed E-state index contributed by atoms with van der Waals surface area (Å²) >= 11 is 0. The molecule has 0 amide bonds. The molecule has 0 aromatic carbocycles. The highest BCUT2D eigenvalue weighted by Crippen LogP contribution is 2.27. The minimum Gasteiger partial charge on any atom is -0.376 e. The third kappa shape index (κ3) is 2.80. The lowest BCUT2D eigenvalue weighted by molar-refractivity contribution is -0.0200. The van der Waals surface area contributed by atoms with Crippen LogP contribution in [0.15, 0.2) is 0 Å². The van der Waals surface area contributed by atoms with Crippen LogP contribution in [-0.2, 0) is 9.47 Å². The fraction of sp³-hybridized carbons (Fsp3) is 1.00. The fourth-order valence-electron chi connectivity index (χ4n) is 1.08. The molecular weight excluding hydrogens is 140 g/mol. The Morgan fingerprint density at radius 2 is 1.82 bits per heavy atom. The van der Waals surface area contributed by atoms with Crippen LogP contribution in [0.5, 0.6) is 0 Å². The van der Waals surface area contributed by atoms with Crippen LogP contribution >= 0.6 is 0 Å². The number of hydrogen-bond acceptors (Lipinski definition) is 2. The summed E-state index contributed by atoms with van der Waals surface area (Å²) < 4.78 is 11.1. The Kier molecular flexibility index (Phi) is 2.14. The van der Waals surface area contributed by atoms with E-state index in [2.05, 4.69) is 6.92 Å². The number of rotatable bonds is 5. The third-order valence-corrected chi connectivity index (χ3v) is 2.04. The van der Waals surface area contributed by atoms with Gasteiger partial charge < -0.3 is 9.47 Å². The predicted molar refractivity (Wildman–Crippen MR) is 42.5 cm³/mol. The molecule has 2 fully saturated rings. The Bertz CT molecular complexity index is 128. The first kappa shape index (κ1) is 7.56. The van der Waals surface area contributed by atoms with E-state index in [0.29, 0.717) is 18.3 Å². The lowest BCUT2D eigenvalue weighted by Gasteiger charge is -2.11. The average Bonchev–Trinajstić information content (AvgIpc) is 2.80. The van der Waals surface area contributed by atoms with Crippen LogP contribution in [0.2, 0.25) is 0 Å². The highest BCUT2D eigenvalue weighted by atomic mass is 16.5. The minimum atomic E-state index is 0.308. The van der Waals surface area contributed by atoms with Crippen molar-refractivity contribution in [3.8, 4) is 0 Å². The van der Waals surface area contributed by atoms with Crippen LogP contribution in [-0.4, -0.2) is 24.9 Å². The van der Waals surface area contributed by atoms with Gasteiger partial charge in [-0.1, -0.05) is 0 Å². The first-order valence-electron chi connectivity index (χ1n) is 4.61. The summed E-state index contributed by atoms with van der Waals surface area (Å²) in [5.41, 5.74) is 0. The quantitative estimate of drug-likeness (QED) is 0.603. The normalized spacial score (nSPS) is 27.0. The van der Waals surface area contributed by atoms with Crippen LogP contribution < -0.4 is 0 Å². The molecular formula is C9H16O2. The van der Waals surface area contributed by atoms with E-state index in [-0.39, 0.29) is 0 Å². The van der Waals surface area contributed by atoms with E-state index in [4.69, 9.17) is 9.47 Å². The summed E-state index contributed by atoms with van der Waals surface area (Å²) in [5, 5.41) is 0. The SMILES string of the molecule is CC(COC1CC1)OC1CC1. The monoisotopic (exact) mass is 156 g/mol. The first-order chi connectivity index (χ1) is 5.34. The van der Waals surface area contributed by atoms with E-state index < -0.39 is 0 Å². The van der Waals surface area contributed by atoms with Gasteiger partial charge in [-0.15, -0.1) is 0 Å². The molecule has 0 N–H and O–H groups in total. The van der Waals surface area contributed by atoms with Gasteiger partial charge in [0.25, 0.3) is 0 Å². The molecule has 0 spiro atoms. The molecule has 1 atom stereocenters. The van der Waals surface area contributed by atoms with E-state index in [9.17, 15) is 0 Å². The molecule has 2 rings (SSSR count). The maximum absolute atomic E-state index is 5.61. The Balaban J connectivity index is 1.52. The Hall–Kier alpha value is -0.0800. The molecule has 0 radical (unpaired) electrons. The van der Waals surface area contributed by atoms with E-state index in [1.54, 1.807) is 0 Å². The zero-order chi connectivity index (χ0) is 7.68. The maximum atomic E-state index is 5.61. The van der Waals surface area contributed by atoms with Crippen molar-refractivity contribution in [2.45, 2.75) is 50.9 Å². The van der Waals surface area contributed by atoms with Gasteiger partial charge in [0.1, 0.15) is 0 Å². The Labute approximate surface area is 67.9 Å². The molecule has 2 aliphatic rings. The van der Waals surface area contributed by atoms with Crippen LogP contribution in [0.4, 0.5) is 0 Å². The van der Waals surface area contributed by atoms with Gasteiger partial charge in [-0.3, -0.25) is 0 Å². The molecule has 0 aromatic heterocycles. The molecule has 0 aromatic rings. The van der Waals surface area contributed by atoms with Gasteiger partial charge in [0.15, 0.2) is 0 Å². The second kappa shape index (κ2) is 3.11. The fourth-order valence-corrected chi connectivity index (χ4v) is 1.08. The van der Waals surface area contributed by atoms with Gasteiger partial charge in [-0.25, -0.2) is 0 Å². The molecule has 0 aliphatic heterocycles. The number of ether oxygens (including phenoxy) is 2. The van der Waals surface area contributed by atoms with Crippen molar-refractivity contribution in [2.75, 3.05) is 6.61 Å². The molecule has 2 saturated carbocycles. The van der Waals surface area contributed by atoms with Gasteiger partial charge in [0, 0.05) is 0 Å². The third-order valence-electron chi connectivity index (χ3n) is 2.04. The van der Waals surface area contributed by atoms with Crippen molar-refractivity contribution < 1.29 is 9.47 Å². The van der Waals surface area contributed by atoms with Gasteiger partial charge in [-0.2, -0.15) is 0 Å². The van der Waals surface area contributed by atoms with E-state index in [1.807, 2.05) is 0 Å². The molecule has 11 heavy (non-hydrogen) atoms. The van der Waals surface area contributed by atoms with Crippen molar-refractivity contribution >= 4 is 0 Å². The Morgan fingerprint density at radius 1 is 1.18 bits per heavy atom.